The van der Waals surface area contributed by atoms with Gasteiger partial charge in [-0.2, -0.15) is 0 Å². The topological polar surface area (TPSA) is 35.5 Å². The molecule has 0 saturated heterocycles. The number of esters is 1. The molecule has 0 radical (unpaired) electrons. The van der Waals surface area contributed by atoms with Crippen LogP contribution in [0.2, 0.25) is 0 Å². The minimum atomic E-state index is -0.298. The second-order valence-corrected chi connectivity index (χ2v) is 14.1. The summed E-state index contributed by atoms with van der Waals surface area (Å²) in [7, 11) is 1.56. The van der Waals surface area contributed by atoms with Crippen LogP contribution >= 0.6 is 0 Å². The summed E-state index contributed by atoms with van der Waals surface area (Å²) in [6, 6.07) is 0. The normalized spacial score (nSPS) is 38.4. The van der Waals surface area contributed by atoms with Crippen molar-refractivity contribution in [2.75, 3.05) is 7.11 Å². The van der Waals surface area contributed by atoms with E-state index in [1.807, 2.05) is 13.8 Å². The maximum atomic E-state index is 12.7. The van der Waals surface area contributed by atoms with Gasteiger partial charge in [0.2, 0.25) is 5.76 Å². The summed E-state index contributed by atoms with van der Waals surface area (Å²) < 4.78 is 11.3. The summed E-state index contributed by atoms with van der Waals surface area (Å²) in [5.41, 5.74) is 3.27. The van der Waals surface area contributed by atoms with E-state index in [0.29, 0.717) is 11.2 Å². The van der Waals surface area contributed by atoms with Gasteiger partial charge in [0.1, 0.15) is 6.10 Å². The minimum Gasteiger partial charge on any atom is -0.490 e. The molecule has 4 aliphatic carbocycles. The zero-order valence-electron chi connectivity index (χ0n) is 24.6. The van der Waals surface area contributed by atoms with E-state index in [-0.39, 0.29) is 17.5 Å². The molecule has 36 heavy (non-hydrogen) atoms. The average Bonchev–Trinajstić information content (AvgIpc) is 3.16. The lowest BCUT2D eigenvalue weighted by atomic mass is 9.47. The Labute approximate surface area is 221 Å². The van der Waals surface area contributed by atoms with Crippen molar-refractivity contribution in [1.82, 2.24) is 0 Å². The largest absolute Gasteiger partial charge is 0.490 e. The Kier molecular flexibility index (Phi) is 8.37. The molecule has 4 aliphatic rings. The van der Waals surface area contributed by atoms with Crippen LogP contribution in [0.4, 0.5) is 0 Å². The van der Waals surface area contributed by atoms with E-state index in [9.17, 15) is 4.79 Å². The number of allylic oxidation sites excluding steroid dienone is 2. The lowest BCUT2D eigenvalue weighted by molar-refractivity contribution is -0.150. The van der Waals surface area contributed by atoms with Gasteiger partial charge < -0.3 is 9.47 Å². The first kappa shape index (κ1) is 27.8. The predicted octanol–water partition coefficient (Wildman–Crippen LogP) is 8.88. The van der Waals surface area contributed by atoms with Crippen LogP contribution in [0.5, 0.6) is 0 Å². The molecular formula is C33H54O3. The third kappa shape index (κ3) is 5.06. The van der Waals surface area contributed by atoms with Crippen LogP contribution in [0.25, 0.3) is 0 Å². The highest BCUT2D eigenvalue weighted by molar-refractivity contribution is 5.87. The van der Waals surface area contributed by atoms with Crippen LogP contribution in [0.3, 0.4) is 0 Å². The molecule has 3 heteroatoms. The van der Waals surface area contributed by atoms with E-state index >= 15 is 0 Å². The Balaban J connectivity index is 1.44. The fourth-order valence-electron chi connectivity index (χ4n) is 9.45. The van der Waals surface area contributed by atoms with Crippen molar-refractivity contribution in [1.29, 1.82) is 0 Å². The minimum absolute atomic E-state index is 0.0192. The molecule has 4 rings (SSSR count). The number of ether oxygens (including phenoxy) is 2. The highest BCUT2D eigenvalue weighted by Gasteiger charge is 2.59. The molecule has 0 heterocycles. The van der Waals surface area contributed by atoms with Crippen LogP contribution in [0, 0.1) is 46.3 Å². The van der Waals surface area contributed by atoms with Crippen molar-refractivity contribution < 1.29 is 14.3 Å². The number of hydrogen-bond acceptors (Lipinski definition) is 3. The molecule has 3 nitrogen and oxygen atoms in total. The highest BCUT2D eigenvalue weighted by atomic mass is 16.6. The Bertz CT molecular complexity index is 864. The molecule has 3 saturated carbocycles. The number of hydrogen-bond donors (Lipinski definition) is 0. The number of methoxy groups -OCH3 is 1. The number of fused-ring (bicyclic) bond motifs is 5. The smallest absolute Gasteiger partial charge is 0.373 e. The number of carbonyl (C=O) groups is 1. The first-order valence-electron chi connectivity index (χ1n) is 15.1. The van der Waals surface area contributed by atoms with Gasteiger partial charge >= 0.3 is 5.97 Å². The van der Waals surface area contributed by atoms with E-state index in [0.717, 1.165) is 60.3 Å². The van der Waals surface area contributed by atoms with E-state index in [4.69, 9.17) is 9.47 Å². The van der Waals surface area contributed by atoms with Crippen LogP contribution in [-0.2, 0) is 14.3 Å². The van der Waals surface area contributed by atoms with Gasteiger partial charge in [-0.05, 0) is 111 Å². The van der Waals surface area contributed by atoms with Crippen LogP contribution in [0.15, 0.2) is 23.0 Å². The Morgan fingerprint density at radius 3 is 2.44 bits per heavy atom. The highest BCUT2D eigenvalue weighted by Crippen LogP contribution is 2.67. The SMILES string of the molecule is COC(C(=O)O[C@H]1CC[C@@]2(C)C(=CC[C@H]3[C@@H]4CC[C@H]([C@H](C)CCCC(C)C)[C@@]4(C)CC[C@@H]32)C1)=C(C)C. The van der Waals surface area contributed by atoms with Crippen molar-refractivity contribution in [2.45, 2.75) is 125 Å². The maximum absolute atomic E-state index is 12.7. The molecule has 0 amide bonds. The first-order valence-corrected chi connectivity index (χ1v) is 15.1. The van der Waals surface area contributed by atoms with Gasteiger partial charge in [0.15, 0.2) is 0 Å². The van der Waals surface area contributed by atoms with E-state index in [2.05, 4.69) is 40.7 Å². The summed E-state index contributed by atoms with van der Waals surface area (Å²) >= 11 is 0. The third-order valence-corrected chi connectivity index (χ3v) is 11.4. The summed E-state index contributed by atoms with van der Waals surface area (Å²) in [4.78, 5) is 12.7. The predicted molar refractivity (Wildman–Crippen MR) is 148 cm³/mol. The standard InChI is InChI=1S/C33H54O3/c1-21(2)10-9-11-23(5)27-14-15-28-26-13-12-24-20-25(36-31(34)30(35-8)22(3)4)16-18-32(24,6)29(26)17-19-33(27,28)7/h12,21,23,25-29H,9-11,13-20H2,1-8H3/t23-,25+,26+,27-,28+,29+,32+,33-/m1/s1. The second kappa shape index (κ2) is 10.9. The second-order valence-electron chi connectivity index (χ2n) is 14.1. The van der Waals surface area contributed by atoms with E-state index in [1.54, 1.807) is 12.7 Å². The van der Waals surface area contributed by atoms with E-state index in [1.165, 1.54) is 51.4 Å². The van der Waals surface area contributed by atoms with Gasteiger partial charge in [-0.1, -0.05) is 65.5 Å². The zero-order valence-corrected chi connectivity index (χ0v) is 24.6. The number of carbonyl (C=O) groups excluding carboxylic acids is 1. The fraction of sp³-hybridized carbons (Fsp3) is 0.848. The summed E-state index contributed by atoms with van der Waals surface area (Å²) in [5.74, 6) is 5.20. The van der Waals surface area contributed by atoms with Crippen molar-refractivity contribution in [3.63, 3.8) is 0 Å². The lowest BCUT2D eigenvalue weighted by Gasteiger charge is -2.58. The van der Waals surface area contributed by atoms with Gasteiger partial charge in [0.05, 0.1) is 7.11 Å². The van der Waals surface area contributed by atoms with Gasteiger partial charge in [-0.25, -0.2) is 4.79 Å². The quantitative estimate of drug-likeness (QED) is 0.145. The van der Waals surface area contributed by atoms with Crippen LogP contribution in [0.1, 0.15) is 119 Å². The molecule has 0 aliphatic heterocycles. The van der Waals surface area contributed by atoms with Crippen molar-refractivity contribution in [3.8, 4) is 0 Å². The van der Waals surface area contributed by atoms with Crippen LogP contribution in [-0.4, -0.2) is 19.2 Å². The maximum Gasteiger partial charge on any atom is 0.373 e. The summed E-state index contributed by atoms with van der Waals surface area (Å²) in [6.07, 6.45) is 16.7. The molecule has 0 aromatic rings. The van der Waals surface area contributed by atoms with Crippen molar-refractivity contribution >= 4 is 5.97 Å². The Morgan fingerprint density at radius 2 is 1.78 bits per heavy atom. The van der Waals surface area contributed by atoms with Gasteiger partial charge in [-0.3, -0.25) is 0 Å². The van der Waals surface area contributed by atoms with Crippen LogP contribution < -0.4 is 0 Å². The summed E-state index contributed by atoms with van der Waals surface area (Å²) in [5, 5.41) is 0. The third-order valence-electron chi connectivity index (χ3n) is 11.4. The van der Waals surface area contributed by atoms with Gasteiger partial charge in [0.25, 0.3) is 0 Å². The Hall–Kier alpha value is -1.25. The monoisotopic (exact) mass is 498 g/mol. The molecule has 0 spiro atoms. The number of rotatable bonds is 8. The Morgan fingerprint density at radius 1 is 1.03 bits per heavy atom. The lowest BCUT2D eigenvalue weighted by Crippen LogP contribution is -2.51. The zero-order chi connectivity index (χ0) is 26.3. The summed E-state index contributed by atoms with van der Waals surface area (Å²) in [6.45, 7) is 16.3. The van der Waals surface area contributed by atoms with Gasteiger partial charge in [0, 0.05) is 6.42 Å². The molecule has 8 atom stereocenters. The van der Waals surface area contributed by atoms with Crippen molar-refractivity contribution in [2.24, 2.45) is 46.3 Å². The molecule has 204 valence electrons. The van der Waals surface area contributed by atoms with Gasteiger partial charge in [-0.15, -0.1) is 0 Å². The molecule has 0 aromatic carbocycles. The molecule has 0 bridgehead atoms. The molecule has 3 fully saturated rings. The molecule has 0 aromatic heterocycles. The first-order chi connectivity index (χ1) is 17.0. The fourth-order valence-corrected chi connectivity index (χ4v) is 9.45. The average molecular weight is 499 g/mol. The molecular weight excluding hydrogens is 444 g/mol. The molecule has 0 N–H and O–H groups in total. The van der Waals surface area contributed by atoms with E-state index < -0.39 is 0 Å². The molecule has 0 unspecified atom stereocenters. The van der Waals surface area contributed by atoms with Crippen molar-refractivity contribution in [3.05, 3.63) is 23.0 Å².